The topological polar surface area (TPSA) is 17.1 Å². The van der Waals surface area contributed by atoms with Crippen molar-refractivity contribution in [3.63, 3.8) is 0 Å². The zero-order chi connectivity index (χ0) is 6.85. The van der Waals surface area contributed by atoms with Crippen LogP contribution in [0, 0.1) is 0 Å². The zero-order valence-electron chi connectivity index (χ0n) is 5.61. The molecule has 0 aromatic rings. The van der Waals surface area contributed by atoms with Crippen LogP contribution in [0.15, 0.2) is 23.8 Å². The van der Waals surface area contributed by atoms with Gasteiger partial charge in [-0.3, -0.25) is 4.79 Å². The third kappa shape index (κ3) is 1.28. The van der Waals surface area contributed by atoms with Crippen molar-refractivity contribution in [3.8, 4) is 0 Å². The maximum absolute atomic E-state index is 10.8. The molecule has 0 fully saturated rings. The maximum Gasteiger partial charge on any atom is 0.162 e. The molecule has 0 aliphatic heterocycles. The van der Waals surface area contributed by atoms with Gasteiger partial charge in [0.05, 0.1) is 0 Å². The molecule has 1 aliphatic carbocycles. The lowest BCUT2D eigenvalue weighted by molar-refractivity contribution is -0.115. The largest absolute Gasteiger partial charge is 0.294 e. The van der Waals surface area contributed by atoms with Gasteiger partial charge in [0.2, 0.25) is 0 Å². The number of Topliss-reactive ketones (excluding diaryl/α,β-unsaturated/α-hetero) is 1. The Bertz CT molecular complexity index is 187. The second-order valence-electron chi connectivity index (χ2n) is 2.46. The van der Waals surface area contributed by atoms with Crippen molar-refractivity contribution in [3.05, 3.63) is 23.8 Å². The number of carbonyl (C=O) groups excluding carboxylic acids is 1. The van der Waals surface area contributed by atoms with E-state index in [1.165, 1.54) is 5.57 Å². The number of carbonyl (C=O) groups is 1. The molecule has 0 aromatic carbocycles. The van der Waals surface area contributed by atoms with Crippen LogP contribution < -0.4 is 0 Å². The van der Waals surface area contributed by atoms with E-state index < -0.39 is 0 Å². The van der Waals surface area contributed by atoms with Gasteiger partial charge in [0, 0.05) is 6.42 Å². The standard InChI is InChI=1S/C8H10O/c1-6-3-4-8(9)7(2)5-6/h3H,2,4-5H2,1H3. The predicted octanol–water partition coefficient (Wildman–Crippen LogP) is 1.85. The smallest absolute Gasteiger partial charge is 0.162 e. The molecule has 0 aromatic heterocycles. The summed E-state index contributed by atoms with van der Waals surface area (Å²) in [6, 6.07) is 0. The Kier molecular flexibility index (Phi) is 1.52. The Morgan fingerprint density at radius 3 is 2.78 bits per heavy atom. The average Bonchev–Trinajstić information content (AvgIpc) is 1.80. The molecule has 1 heteroatoms. The SMILES string of the molecule is C=C1CC(C)=CCC1=O. The normalized spacial score (nSPS) is 19.9. The predicted molar refractivity (Wildman–Crippen MR) is 37.1 cm³/mol. The first-order valence-electron chi connectivity index (χ1n) is 3.07. The molecule has 0 bridgehead atoms. The van der Waals surface area contributed by atoms with Crippen molar-refractivity contribution in [1.29, 1.82) is 0 Å². The van der Waals surface area contributed by atoms with E-state index in [0.717, 1.165) is 12.0 Å². The van der Waals surface area contributed by atoms with E-state index in [4.69, 9.17) is 0 Å². The van der Waals surface area contributed by atoms with Crippen LogP contribution in [0.3, 0.4) is 0 Å². The number of hydrogen-bond acceptors (Lipinski definition) is 1. The summed E-state index contributed by atoms with van der Waals surface area (Å²) in [5, 5.41) is 0. The Hall–Kier alpha value is -0.850. The molecule has 0 saturated carbocycles. The lowest BCUT2D eigenvalue weighted by Crippen LogP contribution is -2.05. The Morgan fingerprint density at radius 2 is 2.33 bits per heavy atom. The van der Waals surface area contributed by atoms with Crippen molar-refractivity contribution in [1.82, 2.24) is 0 Å². The highest BCUT2D eigenvalue weighted by molar-refractivity contribution is 5.97. The first-order valence-corrected chi connectivity index (χ1v) is 3.07. The summed E-state index contributed by atoms with van der Waals surface area (Å²) < 4.78 is 0. The molecule has 0 radical (unpaired) electrons. The van der Waals surface area contributed by atoms with Crippen LogP contribution in [-0.4, -0.2) is 5.78 Å². The van der Waals surface area contributed by atoms with Crippen LogP contribution >= 0.6 is 0 Å². The summed E-state index contributed by atoms with van der Waals surface area (Å²) in [6.07, 6.45) is 3.31. The van der Waals surface area contributed by atoms with Crippen molar-refractivity contribution >= 4 is 5.78 Å². The van der Waals surface area contributed by atoms with E-state index in [1.54, 1.807) is 0 Å². The highest BCUT2D eigenvalue weighted by Gasteiger charge is 2.10. The van der Waals surface area contributed by atoms with Crippen molar-refractivity contribution in [2.45, 2.75) is 19.8 Å². The highest BCUT2D eigenvalue weighted by atomic mass is 16.1. The summed E-state index contributed by atoms with van der Waals surface area (Å²) in [7, 11) is 0. The number of rotatable bonds is 0. The van der Waals surface area contributed by atoms with E-state index >= 15 is 0 Å². The van der Waals surface area contributed by atoms with E-state index in [1.807, 2.05) is 13.0 Å². The minimum atomic E-state index is 0.195. The van der Waals surface area contributed by atoms with Crippen molar-refractivity contribution in [2.75, 3.05) is 0 Å². The van der Waals surface area contributed by atoms with Crippen LogP contribution in [-0.2, 0) is 4.79 Å². The molecule has 1 nitrogen and oxygen atoms in total. The van der Waals surface area contributed by atoms with Gasteiger partial charge >= 0.3 is 0 Å². The van der Waals surface area contributed by atoms with Gasteiger partial charge in [-0.25, -0.2) is 0 Å². The van der Waals surface area contributed by atoms with Gasteiger partial charge < -0.3 is 0 Å². The molecule has 48 valence electrons. The van der Waals surface area contributed by atoms with Crippen LogP contribution in [0.2, 0.25) is 0 Å². The highest BCUT2D eigenvalue weighted by Crippen LogP contribution is 2.17. The molecule has 0 N–H and O–H groups in total. The molecule has 0 heterocycles. The van der Waals surface area contributed by atoms with Gasteiger partial charge in [-0.1, -0.05) is 18.2 Å². The Labute approximate surface area is 55.1 Å². The van der Waals surface area contributed by atoms with E-state index in [-0.39, 0.29) is 5.78 Å². The average molecular weight is 122 g/mol. The first kappa shape index (κ1) is 6.27. The van der Waals surface area contributed by atoms with Gasteiger partial charge in [-0.15, -0.1) is 0 Å². The molecular formula is C8H10O. The second-order valence-corrected chi connectivity index (χ2v) is 2.46. The summed E-state index contributed by atoms with van der Waals surface area (Å²) in [4.78, 5) is 10.8. The molecule has 0 atom stereocenters. The van der Waals surface area contributed by atoms with Crippen LogP contribution in [0.4, 0.5) is 0 Å². The minimum absolute atomic E-state index is 0.195. The molecule has 0 saturated heterocycles. The number of ketones is 1. The van der Waals surface area contributed by atoms with E-state index in [0.29, 0.717) is 6.42 Å². The number of allylic oxidation sites excluding steroid dienone is 3. The quantitative estimate of drug-likeness (QED) is 0.354. The zero-order valence-corrected chi connectivity index (χ0v) is 5.61. The van der Waals surface area contributed by atoms with Gasteiger partial charge in [0.1, 0.15) is 0 Å². The third-order valence-corrected chi connectivity index (χ3v) is 1.52. The van der Waals surface area contributed by atoms with Gasteiger partial charge in [0.15, 0.2) is 5.78 Å². The number of hydrogen-bond donors (Lipinski definition) is 0. The second kappa shape index (κ2) is 2.18. The molecule has 9 heavy (non-hydrogen) atoms. The van der Waals surface area contributed by atoms with Gasteiger partial charge in [-0.2, -0.15) is 0 Å². The summed E-state index contributed by atoms with van der Waals surface area (Å²) >= 11 is 0. The van der Waals surface area contributed by atoms with Gasteiger partial charge in [-0.05, 0) is 18.9 Å². The molecule has 0 unspecified atom stereocenters. The van der Waals surface area contributed by atoms with Crippen molar-refractivity contribution in [2.24, 2.45) is 0 Å². The van der Waals surface area contributed by atoms with Gasteiger partial charge in [0.25, 0.3) is 0 Å². The fourth-order valence-electron chi connectivity index (χ4n) is 0.919. The van der Waals surface area contributed by atoms with Crippen LogP contribution in [0.25, 0.3) is 0 Å². The minimum Gasteiger partial charge on any atom is -0.294 e. The van der Waals surface area contributed by atoms with Crippen LogP contribution in [0.1, 0.15) is 19.8 Å². The summed E-state index contributed by atoms with van der Waals surface area (Å²) in [5.41, 5.74) is 2.02. The lowest BCUT2D eigenvalue weighted by atomic mass is 9.96. The molecule has 0 spiro atoms. The molecular weight excluding hydrogens is 112 g/mol. The first-order chi connectivity index (χ1) is 4.20. The maximum atomic E-state index is 10.8. The fraction of sp³-hybridized carbons (Fsp3) is 0.375. The van der Waals surface area contributed by atoms with Crippen molar-refractivity contribution < 1.29 is 4.79 Å². The Balaban J connectivity index is 2.77. The van der Waals surface area contributed by atoms with E-state index in [2.05, 4.69) is 6.58 Å². The summed E-state index contributed by atoms with van der Waals surface area (Å²) in [5.74, 6) is 0.195. The van der Waals surface area contributed by atoms with E-state index in [9.17, 15) is 4.79 Å². The van der Waals surface area contributed by atoms with Crippen LogP contribution in [0.5, 0.6) is 0 Å². The molecule has 0 amide bonds. The summed E-state index contributed by atoms with van der Waals surface area (Å²) in [6.45, 7) is 5.68. The molecule has 1 aliphatic rings. The fourth-order valence-corrected chi connectivity index (χ4v) is 0.919. The lowest BCUT2D eigenvalue weighted by Gasteiger charge is -2.08. The third-order valence-electron chi connectivity index (χ3n) is 1.52. The Morgan fingerprint density at radius 1 is 1.67 bits per heavy atom. The monoisotopic (exact) mass is 122 g/mol. The molecule has 1 rings (SSSR count).